The normalized spacial score (nSPS) is 21.6. The molecular formula is C21H23BrN4O4. The molecule has 0 bridgehead atoms. The number of likely N-dealkylation sites (tertiary alicyclic amines) is 1. The van der Waals surface area contributed by atoms with Gasteiger partial charge in [-0.15, -0.1) is 0 Å². The minimum Gasteiger partial charge on any atom is -0.480 e. The number of amides is 2. The van der Waals surface area contributed by atoms with Crippen molar-refractivity contribution >= 4 is 33.4 Å². The molecule has 0 radical (unpaired) electrons. The van der Waals surface area contributed by atoms with Crippen LogP contribution < -0.4 is 14.4 Å². The van der Waals surface area contributed by atoms with Crippen molar-refractivity contribution in [3.8, 4) is 11.8 Å². The van der Waals surface area contributed by atoms with E-state index in [1.807, 2.05) is 29.2 Å². The average Bonchev–Trinajstić information content (AvgIpc) is 3.15. The summed E-state index contributed by atoms with van der Waals surface area (Å²) >= 11 is 3.43. The molecular weight excluding hydrogens is 452 g/mol. The highest BCUT2D eigenvalue weighted by atomic mass is 79.9. The fraction of sp³-hybridized carbons (Fsp3) is 0.429. The zero-order valence-electron chi connectivity index (χ0n) is 16.7. The summed E-state index contributed by atoms with van der Waals surface area (Å²) in [6, 6.07) is 7.57. The monoisotopic (exact) mass is 474 g/mol. The van der Waals surface area contributed by atoms with Gasteiger partial charge in [0.05, 0.1) is 32.0 Å². The molecule has 0 N–H and O–H groups in total. The molecule has 2 aromatic rings. The van der Waals surface area contributed by atoms with Crippen molar-refractivity contribution in [1.82, 2.24) is 14.9 Å². The van der Waals surface area contributed by atoms with Gasteiger partial charge >= 0.3 is 0 Å². The van der Waals surface area contributed by atoms with Gasteiger partial charge in [-0.05, 0) is 31.0 Å². The van der Waals surface area contributed by atoms with Crippen LogP contribution in [0.1, 0.15) is 19.3 Å². The predicted octanol–water partition coefficient (Wildman–Crippen LogP) is 2.67. The van der Waals surface area contributed by atoms with Gasteiger partial charge in [-0.3, -0.25) is 14.6 Å². The quantitative estimate of drug-likeness (QED) is 0.662. The lowest BCUT2D eigenvalue weighted by molar-refractivity contribution is -0.138. The van der Waals surface area contributed by atoms with Crippen molar-refractivity contribution in [2.24, 2.45) is 5.92 Å². The number of methoxy groups -OCH3 is 1. The van der Waals surface area contributed by atoms with Gasteiger partial charge in [0.1, 0.15) is 6.10 Å². The summed E-state index contributed by atoms with van der Waals surface area (Å²) in [5, 5.41) is 0. The van der Waals surface area contributed by atoms with E-state index < -0.39 is 0 Å². The minimum atomic E-state index is -0.341. The molecule has 2 fully saturated rings. The van der Waals surface area contributed by atoms with E-state index in [9.17, 15) is 9.59 Å². The van der Waals surface area contributed by atoms with E-state index in [2.05, 4.69) is 25.9 Å². The molecule has 2 atom stereocenters. The second kappa shape index (κ2) is 8.99. The van der Waals surface area contributed by atoms with E-state index in [1.54, 1.807) is 4.90 Å². The lowest BCUT2D eigenvalue weighted by Gasteiger charge is -2.34. The Kier molecular flexibility index (Phi) is 6.17. The number of carbonyl (C=O) groups is 2. The van der Waals surface area contributed by atoms with Gasteiger partial charge in [0, 0.05) is 29.7 Å². The molecule has 8 nitrogen and oxygen atoms in total. The third kappa shape index (κ3) is 4.56. The van der Waals surface area contributed by atoms with Crippen LogP contribution in [-0.4, -0.2) is 59.5 Å². The number of piperidine rings is 1. The number of hydrogen-bond donors (Lipinski definition) is 0. The zero-order valence-corrected chi connectivity index (χ0v) is 18.2. The van der Waals surface area contributed by atoms with Crippen molar-refractivity contribution in [3.63, 3.8) is 0 Å². The first-order valence-corrected chi connectivity index (χ1v) is 10.7. The van der Waals surface area contributed by atoms with Crippen LogP contribution in [0.5, 0.6) is 11.8 Å². The summed E-state index contributed by atoms with van der Waals surface area (Å²) in [5.74, 6) is 0.402. The lowest BCUT2D eigenvalue weighted by atomic mass is 10.0. The Labute approximate surface area is 183 Å². The first kappa shape index (κ1) is 20.6. The zero-order chi connectivity index (χ0) is 21.1. The molecule has 2 amide bonds. The van der Waals surface area contributed by atoms with Crippen LogP contribution in [0.25, 0.3) is 0 Å². The Morgan fingerprint density at radius 2 is 2.07 bits per heavy atom. The number of carbonyl (C=O) groups excluding carboxylic acids is 2. The Morgan fingerprint density at radius 1 is 1.23 bits per heavy atom. The molecule has 2 saturated heterocycles. The smallest absolute Gasteiger partial charge is 0.235 e. The highest BCUT2D eigenvalue weighted by Crippen LogP contribution is 2.29. The van der Waals surface area contributed by atoms with Crippen LogP contribution in [0.4, 0.5) is 5.69 Å². The van der Waals surface area contributed by atoms with E-state index in [0.29, 0.717) is 31.4 Å². The third-order valence-corrected chi connectivity index (χ3v) is 5.86. The molecule has 0 spiro atoms. The third-order valence-electron chi connectivity index (χ3n) is 5.37. The molecule has 0 aliphatic carbocycles. The maximum Gasteiger partial charge on any atom is 0.235 e. The summed E-state index contributed by atoms with van der Waals surface area (Å²) in [6.45, 7) is 1.54. The highest BCUT2D eigenvalue weighted by molar-refractivity contribution is 9.10. The average molecular weight is 475 g/mol. The topological polar surface area (TPSA) is 84.9 Å². The Hall–Kier alpha value is -2.68. The van der Waals surface area contributed by atoms with Crippen LogP contribution in [0, 0.1) is 5.92 Å². The van der Waals surface area contributed by atoms with Gasteiger partial charge < -0.3 is 19.3 Å². The number of aromatic nitrogens is 2. The second-order valence-electron chi connectivity index (χ2n) is 7.45. The number of hydrogen-bond acceptors (Lipinski definition) is 6. The standard InChI is InChI=1S/C21H23BrN4O4/c1-29-18-10-23-11-19(24-18)30-17-6-3-7-25(13-17)21(28)14-8-20(27)26(12-14)16-5-2-4-15(22)9-16/h2,4-5,9-11,14,17H,3,6-8,12-13H2,1H3. The van der Waals surface area contributed by atoms with Gasteiger partial charge in [0.15, 0.2) is 0 Å². The molecule has 4 rings (SSSR count). The Balaban J connectivity index is 1.39. The van der Waals surface area contributed by atoms with Crippen molar-refractivity contribution in [2.45, 2.75) is 25.4 Å². The van der Waals surface area contributed by atoms with E-state index in [4.69, 9.17) is 9.47 Å². The first-order valence-electron chi connectivity index (χ1n) is 9.91. The maximum atomic E-state index is 13.1. The summed E-state index contributed by atoms with van der Waals surface area (Å²) in [7, 11) is 1.52. The van der Waals surface area contributed by atoms with Crippen molar-refractivity contribution < 1.29 is 19.1 Å². The van der Waals surface area contributed by atoms with E-state index in [1.165, 1.54) is 19.5 Å². The maximum absolute atomic E-state index is 13.1. The van der Waals surface area contributed by atoms with Crippen LogP contribution in [0.2, 0.25) is 0 Å². The van der Waals surface area contributed by atoms with Gasteiger partial charge in [0.2, 0.25) is 23.6 Å². The van der Waals surface area contributed by atoms with Crippen LogP contribution in [-0.2, 0) is 9.59 Å². The van der Waals surface area contributed by atoms with E-state index >= 15 is 0 Å². The molecule has 3 heterocycles. The fourth-order valence-electron chi connectivity index (χ4n) is 3.92. The largest absolute Gasteiger partial charge is 0.480 e. The molecule has 158 valence electrons. The fourth-order valence-corrected chi connectivity index (χ4v) is 4.30. The second-order valence-corrected chi connectivity index (χ2v) is 8.37. The molecule has 2 aliphatic heterocycles. The molecule has 1 aromatic carbocycles. The molecule has 9 heteroatoms. The number of nitrogens with zero attached hydrogens (tertiary/aromatic N) is 4. The van der Waals surface area contributed by atoms with Gasteiger partial charge in [-0.25, -0.2) is 0 Å². The van der Waals surface area contributed by atoms with Crippen molar-refractivity contribution in [2.75, 3.05) is 31.6 Å². The number of benzene rings is 1. The van der Waals surface area contributed by atoms with Gasteiger partial charge in [-0.1, -0.05) is 22.0 Å². The molecule has 2 aliphatic rings. The van der Waals surface area contributed by atoms with Gasteiger partial charge in [-0.2, -0.15) is 4.98 Å². The van der Waals surface area contributed by atoms with E-state index in [-0.39, 0.29) is 30.3 Å². The Bertz CT molecular complexity index is 941. The van der Waals surface area contributed by atoms with Crippen LogP contribution in [0.3, 0.4) is 0 Å². The molecule has 2 unspecified atom stereocenters. The number of rotatable bonds is 5. The summed E-state index contributed by atoms with van der Waals surface area (Å²) in [6.07, 6.45) is 4.78. The molecule has 1 aromatic heterocycles. The molecule has 0 saturated carbocycles. The summed E-state index contributed by atoms with van der Waals surface area (Å²) in [5.41, 5.74) is 0.807. The van der Waals surface area contributed by atoms with Crippen molar-refractivity contribution in [3.05, 3.63) is 41.1 Å². The SMILES string of the molecule is COc1cncc(OC2CCCN(C(=O)C3CC(=O)N(c4cccc(Br)c4)C3)C2)n1. The number of ether oxygens (including phenoxy) is 2. The highest BCUT2D eigenvalue weighted by Gasteiger charge is 2.38. The van der Waals surface area contributed by atoms with Crippen molar-refractivity contribution in [1.29, 1.82) is 0 Å². The van der Waals surface area contributed by atoms with Gasteiger partial charge in [0.25, 0.3) is 0 Å². The number of halogens is 1. The predicted molar refractivity (Wildman–Crippen MR) is 113 cm³/mol. The summed E-state index contributed by atoms with van der Waals surface area (Å²) in [4.78, 5) is 37.4. The van der Waals surface area contributed by atoms with E-state index in [0.717, 1.165) is 23.0 Å². The Morgan fingerprint density at radius 3 is 2.87 bits per heavy atom. The van der Waals surface area contributed by atoms with Crippen LogP contribution in [0.15, 0.2) is 41.1 Å². The van der Waals surface area contributed by atoms with Crippen LogP contribution >= 0.6 is 15.9 Å². The lowest BCUT2D eigenvalue weighted by Crippen LogP contribution is -2.47. The first-order chi connectivity index (χ1) is 14.5. The number of anilines is 1. The minimum absolute atomic E-state index is 0.00544. The summed E-state index contributed by atoms with van der Waals surface area (Å²) < 4.78 is 11.9. The molecule has 30 heavy (non-hydrogen) atoms.